The summed E-state index contributed by atoms with van der Waals surface area (Å²) >= 11 is 1.50. The van der Waals surface area contributed by atoms with Gasteiger partial charge in [0.2, 0.25) is 11.8 Å². The highest BCUT2D eigenvalue weighted by Gasteiger charge is 2.24. The van der Waals surface area contributed by atoms with Gasteiger partial charge in [-0.05, 0) is 36.2 Å². The number of thioether (sulfide) groups is 1. The Hall–Kier alpha value is -2.81. The molecule has 0 spiro atoms. The Balaban J connectivity index is 1.48. The molecule has 1 heterocycles. The topological polar surface area (TPSA) is 67.9 Å². The highest BCUT2D eigenvalue weighted by atomic mass is 32.2. The number of carbonyl (C=O) groups is 2. The van der Waals surface area contributed by atoms with Gasteiger partial charge in [0, 0.05) is 24.4 Å². The molecule has 0 aromatic heterocycles. The molecule has 2 aromatic rings. The fraction of sp³-hybridized carbons (Fsp3) is 0.333. The van der Waals surface area contributed by atoms with Gasteiger partial charge in [-0.1, -0.05) is 18.2 Å². The summed E-state index contributed by atoms with van der Waals surface area (Å²) in [5, 5.41) is 2.82. The molecule has 30 heavy (non-hydrogen) atoms. The molecule has 2 aromatic carbocycles. The van der Waals surface area contributed by atoms with E-state index < -0.39 is 6.61 Å². The Morgan fingerprint density at radius 2 is 2.03 bits per heavy atom. The summed E-state index contributed by atoms with van der Waals surface area (Å²) in [6.07, 6.45) is 0.689. The van der Waals surface area contributed by atoms with Gasteiger partial charge in [0.15, 0.2) is 11.5 Å². The average molecular weight is 436 g/mol. The van der Waals surface area contributed by atoms with Crippen LogP contribution in [-0.4, -0.2) is 44.4 Å². The molecular formula is C21H22F2N2O4S. The van der Waals surface area contributed by atoms with E-state index in [-0.39, 0.29) is 29.7 Å². The molecule has 0 unspecified atom stereocenters. The van der Waals surface area contributed by atoms with E-state index in [0.717, 1.165) is 16.1 Å². The van der Waals surface area contributed by atoms with Gasteiger partial charge < -0.3 is 19.7 Å². The van der Waals surface area contributed by atoms with Crippen LogP contribution in [0.25, 0.3) is 0 Å². The van der Waals surface area contributed by atoms with Gasteiger partial charge in [0.05, 0.1) is 18.6 Å². The third-order valence-corrected chi connectivity index (χ3v) is 5.60. The van der Waals surface area contributed by atoms with Crippen LogP contribution in [0.3, 0.4) is 0 Å². The number of methoxy groups -OCH3 is 1. The molecule has 3 rings (SSSR count). The van der Waals surface area contributed by atoms with E-state index in [4.69, 9.17) is 4.74 Å². The number of hydrogen-bond acceptors (Lipinski definition) is 5. The van der Waals surface area contributed by atoms with E-state index in [0.29, 0.717) is 25.3 Å². The molecular weight excluding hydrogens is 414 g/mol. The number of ether oxygens (including phenoxy) is 2. The average Bonchev–Trinajstić information content (AvgIpc) is 2.73. The molecule has 160 valence electrons. The summed E-state index contributed by atoms with van der Waals surface area (Å²) in [4.78, 5) is 27.1. The van der Waals surface area contributed by atoms with Gasteiger partial charge in [0.1, 0.15) is 0 Å². The lowest BCUT2D eigenvalue weighted by molar-refractivity contribution is -0.121. The number of nitrogens with zero attached hydrogens (tertiary/aromatic N) is 1. The standard InChI is InChI=1S/C21H22F2N2O4S/c1-28-17-12-14(6-7-16(17)29-21(22)23)8-10-24-19(26)9-11-25-15-4-2-3-5-18(15)30-13-20(25)27/h2-7,12,21H,8-11,13H2,1H3,(H,24,26). The van der Waals surface area contributed by atoms with E-state index in [1.165, 1.54) is 24.9 Å². The van der Waals surface area contributed by atoms with Crippen molar-refractivity contribution >= 4 is 29.3 Å². The van der Waals surface area contributed by atoms with Crippen molar-refractivity contribution in [2.75, 3.05) is 30.9 Å². The lowest BCUT2D eigenvalue weighted by atomic mass is 10.1. The molecule has 0 atom stereocenters. The van der Waals surface area contributed by atoms with E-state index in [1.807, 2.05) is 24.3 Å². The Morgan fingerprint density at radius 1 is 1.23 bits per heavy atom. The molecule has 6 nitrogen and oxygen atoms in total. The van der Waals surface area contributed by atoms with E-state index in [2.05, 4.69) is 10.1 Å². The zero-order valence-electron chi connectivity index (χ0n) is 16.4. The number of nitrogens with one attached hydrogen (secondary N) is 1. The third kappa shape index (κ3) is 5.63. The summed E-state index contributed by atoms with van der Waals surface area (Å²) in [6.45, 7) is -2.24. The van der Waals surface area contributed by atoms with Crippen LogP contribution >= 0.6 is 11.8 Å². The molecule has 2 amide bonds. The fourth-order valence-corrected chi connectivity index (χ4v) is 4.04. The molecule has 0 saturated carbocycles. The molecule has 0 fully saturated rings. The van der Waals surface area contributed by atoms with Crippen molar-refractivity contribution in [2.24, 2.45) is 0 Å². The lowest BCUT2D eigenvalue weighted by Gasteiger charge is -2.28. The highest BCUT2D eigenvalue weighted by molar-refractivity contribution is 8.00. The maximum absolute atomic E-state index is 12.4. The molecule has 1 N–H and O–H groups in total. The van der Waals surface area contributed by atoms with Crippen LogP contribution in [0.1, 0.15) is 12.0 Å². The lowest BCUT2D eigenvalue weighted by Crippen LogP contribution is -2.38. The number of carbonyl (C=O) groups excluding carboxylic acids is 2. The molecule has 1 aliphatic rings. The third-order valence-electron chi connectivity index (χ3n) is 4.55. The first-order valence-corrected chi connectivity index (χ1v) is 10.4. The summed E-state index contributed by atoms with van der Waals surface area (Å²) in [5.41, 5.74) is 1.65. The van der Waals surface area contributed by atoms with Crippen molar-refractivity contribution in [1.82, 2.24) is 5.32 Å². The maximum atomic E-state index is 12.4. The van der Waals surface area contributed by atoms with E-state index in [9.17, 15) is 18.4 Å². The van der Waals surface area contributed by atoms with Crippen molar-refractivity contribution in [2.45, 2.75) is 24.3 Å². The number of alkyl halides is 2. The number of para-hydroxylation sites is 1. The molecule has 9 heteroatoms. The Labute approximate surface area is 177 Å². The number of anilines is 1. The van der Waals surface area contributed by atoms with Gasteiger partial charge in [0.25, 0.3) is 0 Å². The van der Waals surface area contributed by atoms with Crippen LogP contribution in [0.15, 0.2) is 47.4 Å². The first kappa shape index (κ1) is 21.9. The van der Waals surface area contributed by atoms with E-state index in [1.54, 1.807) is 17.0 Å². The summed E-state index contributed by atoms with van der Waals surface area (Å²) in [7, 11) is 1.37. The second-order valence-corrected chi connectivity index (χ2v) is 7.53. The van der Waals surface area contributed by atoms with Crippen LogP contribution in [0.2, 0.25) is 0 Å². The zero-order chi connectivity index (χ0) is 21.5. The molecule has 1 aliphatic heterocycles. The maximum Gasteiger partial charge on any atom is 0.387 e. The summed E-state index contributed by atoms with van der Waals surface area (Å²) in [6, 6.07) is 12.3. The smallest absolute Gasteiger partial charge is 0.387 e. The van der Waals surface area contributed by atoms with Gasteiger partial charge >= 0.3 is 6.61 Å². The minimum absolute atomic E-state index is 0.00954. The Kier molecular flexibility index (Phi) is 7.51. The number of hydrogen-bond donors (Lipinski definition) is 1. The van der Waals surface area contributed by atoms with Crippen LogP contribution in [-0.2, 0) is 16.0 Å². The minimum Gasteiger partial charge on any atom is -0.493 e. The van der Waals surface area contributed by atoms with Crippen LogP contribution < -0.4 is 19.7 Å². The van der Waals surface area contributed by atoms with Crippen LogP contribution in [0, 0.1) is 0 Å². The van der Waals surface area contributed by atoms with Crippen LogP contribution in [0.5, 0.6) is 11.5 Å². The van der Waals surface area contributed by atoms with Crippen molar-refractivity contribution in [3.63, 3.8) is 0 Å². The van der Waals surface area contributed by atoms with Gasteiger partial charge in [-0.25, -0.2) is 0 Å². The number of benzene rings is 2. The Bertz CT molecular complexity index is 910. The van der Waals surface area contributed by atoms with Crippen LogP contribution in [0.4, 0.5) is 14.5 Å². The number of amides is 2. The minimum atomic E-state index is -2.93. The summed E-state index contributed by atoms with van der Waals surface area (Å²) in [5.74, 6) is 0.364. The first-order chi connectivity index (χ1) is 14.5. The SMILES string of the molecule is COc1cc(CCNC(=O)CCN2C(=O)CSc3ccccc32)ccc1OC(F)F. The second kappa shape index (κ2) is 10.3. The van der Waals surface area contributed by atoms with Gasteiger partial charge in [-0.3, -0.25) is 9.59 Å². The van der Waals surface area contributed by atoms with E-state index >= 15 is 0 Å². The number of halogens is 2. The first-order valence-electron chi connectivity index (χ1n) is 9.38. The second-order valence-electron chi connectivity index (χ2n) is 6.52. The largest absolute Gasteiger partial charge is 0.493 e. The zero-order valence-corrected chi connectivity index (χ0v) is 17.2. The predicted octanol–water partition coefficient (Wildman–Crippen LogP) is 3.48. The van der Waals surface area contributed by atoms with Crippen molar-refractivity contribution in [3.05, 3.63) is 48.0 Å². The van der Waals surface area contributed by atoms with Gasteiger partial charge in [-0.2, -0.15) is 8.78 Å². The number of fused-ring (bicyclic) bond motifs is 1. The van der Waals surface area contributed by atoms with Crippen molar-refractivity contribution in [1.29, 1.82) is 0 Å². The predicted molar refractivity (Wildman–Crippen MR) is 110 cm³/mol. The van der Waals surface area contributed by atoms with Gasteiger partial charge in [-0.15, -0.1) is 11.8 Å². The molecule has 0 radical (unpaired) electrons. The van der Waals surface area contributed by atoms with Crippen molar-refractivity contribution in [3.8, 4) is 11.5 Å². The monoisotopic (exact) mass is 436 g/mol. The molecule has 0 saturated heterocycles. The van der Waals surface area contributed by atoms with Crippen molar-refractivity contribution < 1.29 is 27.8 Å². The normalized spacial score (nSPS) is 13.2. The molecule has 0 aliphatic carbocycles. The number of rotatable bonds is 9. The fourth-order valence-electron chi connectivity index (χ4n) is 3.11. The highest BCUT2D eigenvalue weighted by Crippen LogP contribution is 2.35. The summed E-state index contributed by atoms with van der Waals surface area (Å²) < 4.78 is 34.3. The Morgan fingerprint density at radius 3 is 2.80 bits per heavy atom. The quantitative estimate of drug-likeness (QED) is 0.652. The molecule has 0 bridgehead atoms.